The van der Waals surface area contributed by atoms with Crippen LogP contribution in [0.25, 0.3) is 65.8 Å². The lowest BCUT2D eigenvalue weighted by Crippen LogP contribution is -1.97. The molecule has 33 heavy (non-hydrogen) atoms. The summed E-state index contributed by atoms with van der Waals surface area (Å²) in [5.74, 6) is 0. The van der Waals surface area contributed by atoms with Crippen LogP contribution in [0.2, 0.25) is 5.02 Å². The molecule has 0 spiro atoms. The highest BCUT2D eigenvalue weighted by Gasteiger charge is 2.21. The molecule has 2 nitrogen and oxygen atoms in total. The number of hydrogen-bond acceptors (Lipinski definition) is 0. The minimum atomic E-state index is 0.755. The third-order valence-corrected chi connectivity index (χ3v) is 7.36. The van der Waals surface area contributed by atoms with Crippen molar-refractivity contribution in [1.82, 2.24) is 8.80 Å². The fourth-order valence-corrected chi connectivity index (χ4v) is 5.84. The maximum absolute atomic E-state index is 6.16. The number of aromatic nitrogens is 2. The van der Waals surface area contributed by atoms with Gasteiger partial charge in [0.1, 0.15) is 0 Å². The van der Waals surface area contributed by atoms with Gasteiger partial charge < -0.3 is 8.80 Å². The van der Waals surface area contributed by atoms with Crippen LogP contribution in [0.4, 0.5) is 0 Å². The molecule has 0 amide bonds. The number of para-hydroxylation sites is 2. The SMILES string of the molecule is Clc1ccc(-c2ccc3c(c2)n2c4ccccc4c4ccc5c6ccccc6n3c5c42)cc1. The quantitative estimate of drug-likeness (QED) is 0.226. The van der Waals surface area contributed by atoms with E-state index >= 15 is 0 Å². The Morgan fingerprint density at radius 2 is 0.970 bits per heavy atom. The molecule has 0 radical (unpaired) electrons. The second-order valence-corrected chi connectivity index (χ2v) is 9.21. The van der Waals surface area contributed by atoms with E-state index in [0.717, 1.165) is 10.6 Å². The van der Waals surface area contributed by atoms with Gasteiger partial charge in [0.2, 0.25) is 0 Å². The van der Waals surface area contributed by atoms with E-state index in [0.29, 0.717) is 0 Å². The zero-order valence-corrected chi connectivity index (χ0v) is 18.3. The van der Waals surface area contributed by atoms with Gasteiger partial charge in [0.15, 0.2) is 0 Å². The van der Waals surface area contributed by atoms with E-state index in [-0.39, 0.29) is 0 Å². The van der Waals surface area contributed by atoms with Gasteiger partial charge in [-0.1, -0.05) is 78.3 Å². The average Bonchev–Trinajstić information content (AvgIpc) is 3.38. The molecule has 0 bridgehead atoms. The molecule has 0 saturated heterocycles. The fourth-order valence-electron chi connectivity index (χ4n) is 5.71. The van der Waals surface area contributed by atoms with E-state index < -0.39 is 0 Å². The molecule has 0 aliphatic rings. The monoisotopic (exact) mass is 440 g/mol. The number of benzene rings is 5. The molecule has 0 N–H and O–H groups in total. The van der Waals surface area contributed by atoms with Crippen LogP contribution in [0.15, 0.2) is 103 Å². The average molecular weight is 441 g/mol. The van der Waals surface area contributed by atoms with E-state index in [4.69, 9.17) is 11.6 Å². The Labute approximate surface area is 194 Å². The van der Waals surface area contributed by atoms with Crippen LogP contribution >= 0.6 is 11.6 Å². The molecule has 0 atom stereocenters. The molecule has 154 valence electrons. The number of rotatable bonds is 1. The van der Waals surface area contributed by atoms with Crippen molar-refractivity contribution in [2.24, 2.45) is 0 Å². The third kappa shape index (κ3) is 2.14. The molecule has 5 aromatic carbocycles. The lowest BCUT2D eigenvalue weighted by atomic mass is 10.0. The topological polar surface area (TPSA) is 8.82 Å². The predicted octanol–water partition coefficient (Wildman–Crippen LogP) is 8.56. The van der Waals surface area contributed by atoms with E-state index in [1.54, 1.807) is 0 Å². The first-order chi connectivity index (χ1) is 16.3. The predicted molar refractivity (Wildman–Crippen MR) is 140 cm³/mol. The summed E-state index contributed by atoms with van der Waals surface area (Å²) < 4.78 is 4.91. The van der Waals surface area contributed by atoms with Crippen molar-refractivity contribution in [3.63, 3.8) is 0 Å². The molecule has 3 heterocycles. The molecule has 0 aliphatic heterocycles. The molecule has 0 unspecified atom stereocenters. The maximum Gasteiger partial charge on any atom is 0.0789 e. The van der Waals surface area contributed by atoms with Crippen LogP contribution in [0.3, 0.4) is 0 Å². The van der Waals surface area contributed by atoms with Crippen LogP contribution in [0.5, 0.6) is 0 Å². The van der Waals surface area contributed by atoms with Crippen molar-refractivity contribution in [1.29, 1.82) is 0 Å². The zero-order valence-electron chi connectivity index (χ0n) is 17.6. The van der Waals surface area contributed by atoms with Crippen molar-refractivity contribution in [2.75, 3.05) is 0 Å². The van der Waals surface area contributed by atoms with Gasteiger partial charge in [-0.15, -0.1) is 0 Å². The molecular weight excluding hydrogens is 424 g/mol. The van der Waals surface area contributed by atoms with Crippen molar-refractivity contribution in [3.05, 3.63) is 108 Å². The van der Waals surface area contributed by atoms with E-state index in [1.165, 1.54) is 60.2 Å². The van der Waals surface area contributed by atoms with Gasteiger partial charge in [0.25, 0.3) is 0 Å². The van der Waals surface area contributed by atoms with Gasteiger partial charge in [-0.3, -0.25) is 0 Å². The summed E-state index contributed by atoms with van der Waals surface area (Å²) in [6.45, 7) is 0. The summed E-state index contributed by atoms with van der Waals surface area (Å²) >= 11 is 6.16. The van der Waals surface area contributed by atoms with Crippen LogP contribution in [0, 0.1) is 0 Å². The van der Waals surface area contributed by atoms with E-state index in [1.807, 2.05) is 12.1 Å². The Kier molecular flexibility index (Phi) is 3.22. The first kappa shape index (κ1) is 17.5. The standard InChI is InChI=1S/C30H17ClN2/c31-20-12-9-18(10-13-20)19-11-16-27-28(17-19)33-26-8-4-2-6-22(26)24-15-14-23-21-5-1-3-7-25(21)32(27)29(23)30(24)33/h1-17H. The van der Waals surface area contributed by atoms with Crippen molar-refractivity contribution in [3.8, 4) is 11.1 Å². The summed E-state index contributed by atoms with van der Waals surface area (Å²) in [4.78, 5) is 0. The third-order valence-electron chi connectivity index (χ3n) is 7.10. The summed E-state index contributed by atoms with van der Waals surface area (Å²) in [5.41, 5.74) is 9.82. The molecular formula is C30H17ClN2. The number of hydrogen-bond donors (Lipinski definition) is 0. The van der Waals surface area contributed by atoms with Gasteiger partial charge in [-0.2, -0.15) is 0 Å². The van der Waals surface area contributed by atoms with Gasteiger partial charge in [-0.05, 0) is 47.5 Å². The molecule has 3 aromatic heterocycles. The first-order valence-electron chi connectivity index (χ1n) is 11.2. The van der Waals surface area contributed by atoms with Crippen LogP contribution in [-0.2, 0) is 0 Å². The summed E-state index contributed by atoms with van der Waals surface area (Å²) in [5, 5.41) is 5.93. The largest absolute Gasteiger partial charge is 0.305 e. The normalized spacial score (nSPS) is 12.4. The Hall–Kier alpha value is -4.01. The Morgan fingerprint density at radius 3 is 1.61 bits per heavy atom. The lowest BCUT2D eigenvalue weighted by Gasteiger charge is -2.13. The smallest absolute Gasteiger partial charge is 0.0789 e. The second-order valence-electron chi connectivity index (χ2n) is 8.77. The maximum atomic E-state index is 6.16. The molecule has 8 rings (SSSR count). The van der Waals surface area contributed by atoms with Gasteiger partial charge in [-0.25, -0.2) is 0 Å². The van der Waals surface area contributed by atoms with Crippen molar-refractivity contribution >= 4 is 66.2 Å². The molecule has 0 fully saturated rings. The molecule has 0 aliphatic carbocycles. The minimum Gasteiger partial charge on any atom is -0.305 e. The van der Waals surface area contributed by atoms with Crippen LogP contribution in [-0.4, -0.2) is 8.80 Å². The molecule has 3 heteroatoms. The van der Waals surface area contributed by atoms with Crippen molar-refractivity contribution in [2.45, 2.75) is 0 Å². The highest BCUT2D eigenvalue weighted by Crippen LogP contribution is 2.42. The summed E-state index contributed by atoms with van der Waals surface area (Å²) in [7, 11) is 0. The number of nitrogens with zero attached hydrogens (tertiary/aromatic N) is 2. The van der Waals surface area contributed by atoms with Crippen LogP contribution < -0.4 is 0 Å². The van der Waals surface area contributed by atoms with E-state index in [9.17, 15) is 0 Å². The number of halogens is 1. The van der Waals surface area contributed by atoms with Gasteiger partial charge >= 0.3 is 0 Å². The molecule has 8 aromatic rings. The Balaban J connectivity index is 1.68. The number of fused-ring (bicyclic) bond motifs is 9. The van der Waals surface area contributed by atoms with E-state index in [2.05, 4.69) is 99.8 Å². The summed E-state index contributed by atoms with van der Waals surface area (Å²) in [6.07, 6.45) is 0. The fraction of sp³-hybridized carbons (Fsp3) is 0. The minimum absolute atomic E-state index is 0.755. The lowest BCUT2D eigenvalue weighted by molar-refractivity contribution is 1.26. The highest BCUT2D eigenvalue weighted by molar-refractivity contribution is 6.30. The zero-order chi connectivity index (χ0) is 21.7. The Bertz CT molecular complexity index is 2020. The van der Waals surface area contributed by atoms with Gasteiger partial charge in [0.05, 0.1) is 33.1 Å². The Morgan fingerprint density at radius 1 is 0.424 bits per heavy atom. The van der Waals surface area contributed by atoms with Crippen LogP contribution in [0.1, 0.15) is 0 Å². The first-order valence-corrected chi connectivity index (χ1v) is 11.5. The van der Waals surface area contributed by atoms with Crippen molar-refractivity contribution < 1.29 is 0 Å². The second kappa shape index (κ2) is 6.06. The summed E-state index contributed by atoms with van der Waals surface area (Å²) in [6, 6.07) is 37.0. The molecule has 0 saturated carbocycles. The highest BCUT2D eigenvalue weighted by atomic mass is 35.5. The van der Waals surface area contributed by atoms with Gasteiger partial charge in [0, 0.05) is 26.6 Å².